The van der Waals surface area contributed by atoms with Gasteiger partial charge in [-0.3, -0.25) is 10.1 Å². The minimum atomic E-state index is -0.516. The van der Waals surface area contributed by atoms with Gasteiger partial charge in [0.25, 0.3) is 5.91 Å². The Hall–Kier alpha value is -1.69. The standard InChI is InChI=1S/C9H11N3O2S/c1-5(10)7(6(2)13)8(14)12-9-11-3-4-15-9/h3-4,10,13H,1-2H3,(H,11,12,14)/b7-6+,10-5?. The maximum atomic E-state index is 11.6. The Bertz CT molecular complexity index is 405. The van der Waals surface area contributed by atoms with Crippen LogP contribution in [0.4, 0.5) is 5.13 Å². The summed E-state index contributed by atoms with van der Waals surface area (Å²) in [5.41, 5.74) is -0.00532. The van der Waals surface area contributed by atoms with E-state index in [2.05, 4.69) is 10.3 Å². The molecule has 0 saturated carbocycles. The van der Waals surface area contributed by atoms with Gasteiger partial charge in [-0.2, -0.15) is 0 Å². The monoisotopic (exact) mass is 225 g/mol. The van der Waals surface area contributed by atoms with Crippen LogP contribution in [0.1, 0.15) is 13.8 Å². The predicted molar refractivity (Wildman–Crippen MR) is 59.5 cm³/mol. The van der Waals surface area contributed by atoms with E-state index in [-0.39, 0.29) is 17.0 Å². The lowest BCUT2D eigenvalue weighted by atomic mass is 10.1. The van der Waals surface area contributed by atoms with Crippen LogP contribution in [0.2, 0.25) is 0 Å². The van der Waals surface area contributed by atoms with E-state index in [0.717, 1.165) is 0 Å². The summed E-state index contributed by atoms with van der Waals surface area (Å²) in [6.45, 7) is 2.81. The Kier molecular flexibility index (Phi) is 3.56. The quantitative estimate of drug-likeness (QED) is 0.417. The van der Waals surface area contributed by atoms with Crippen molar-refractivity contribution in [2.45, 2.75) is 13.8 Å². The number of rotatable bonds is 3. The summed E-state index contributed by atoms with van der Waals surface area (Å²) in [6.07, 6.45) is 1.56. The number of hydrogen-bond acceptors (Lipinski definition) is 5. The van der Waals surface area contributed by atoms with Gasteiger partial charge in [0.1, 0.15) is 5.76 Å². The minimum absolute atomic E-state index is 0.0176. The molecule has 1 heterocycles. The van der Waals surface area contributed by atoms with Gasteiger partial charge >= 0.3 is 0 Å². The molecule has 3 N–H and O–H groups in total. The van der Waals surface area contributed by atoms with E-state index in [1.165, 1.54) is 25.2 Å². The lowest BCUT2D eigenvalue weighted by molar-refractivity contribution is -0.112. The number of aliphatic hydroxyl groups is 1. The molecule has 0 aromatic carbocycles. The highest BCUT2D eigenvalue weighted by atomic mass is 32.1. The van der Waals surface area contributed by atoms with Crippen molar-refractivity contribution in [3.8, 4) is 0 Å². The molecular formula is C9H11N3O2S. The third kappa shape index (κ3) is 2.88. The van der Waals surface area contributed by atoms with Crippen LogP contribution in [0.3, 0.4) is 0 Å². The summed E-state index contributed by atoms with van der Waals surface area (Å²) in [7, 11) is 0. The molecule has 1 aromatic heterocycles. The summed E-state index contributed by atoms with van der Waals surface area (Å²) >= 11 is 1.27. The van der Waals surface area contributed by atoms with Gasteiger partial charge in [-0.1, -0.05) is 0 Å². The number of allylic oxidation sites excluding steroid dienone is 1. The van der Waals surface area contributed by atoms with Crippen molar-refractivity contribution in [3.05, 3.63) is 22.9 Å². The smallest absolute Gasteiger partial charge is 0.262 e. The number of aromatic nitrogens is 1. The lowest BCUT2D eigenvalue weighted by Crippen LogP contribution is -2.20. The van der Waals surface area contributed by atoms with E-state index < -0.39 is 5.91 Å². The number of thiazole rings is 1. The average molecular weight is 225 g/mol. The molecule has 0 radical (unpaired) electrons. The molecule has 0 saturated heterocycles. The topological polar surface area (TPSA) is 86.1 Å². The number of nitrogens with zero attached hydrogens (tertiary/aromatic N) is 1. The molecule has 0 aliphatic rings. The highest BCUT2D eigenvalue weighted by molar-refractivity contribution is 7.13. The summed E-state index contributed by atoms with van der Waals surface area (Å²) in [6, 6.07) is 0. The minimum Gasteiger partial charge on any atom is -0.512 e. The maximum Gasteiger partial charge on any atom is 0.262 e. The van der Waals surface area contributed by atoms with Crippen LogP contribution < -0.4 is 5.32 Å². The lowest BCUT2D eigenvalue weighted by Gasteiger charge is -2.05. The summed E-state index contributed by atoms with van der Waals surface area (Å²) in [5.74, 6) is -0.686. The first-order valence-electron chi connectivity index (χ1n) is 4.18. The number of nitrogens with one attached hydrogen (secondary N) is 2. The van der Waals surface area contributed by atoms with Gasteiger partial charge in [-0.15, -0.1) is 11.3 Å². The average Bonchev–Trinajstić information content (AvgIpc) is 2.54. The van der Waals surface area contributed by atoms with Crippen molar-refractivity contribution in [3.63, 3.8) is 0 Å². The Morgan fingerprint density at radius 2 is 2.27 bits per heavy atom. The van der Waals surface area contributed by atoms with Crippen LogP contribution >= 0.6 is 11.3 Å². The van der Waals surface area contributed by atoms with E-state index in [9.17, 15) is 9.90 Å². The predicted octanol–water partition coefficient (Wildman–Crippen LogP) is 1.95. The first-order chi connectivity index (χ1) is 7.02. The molecule has 0 aliphatic carbocycles. The SMILES string of the molecule is CC(=N)/C(C(=O)Nc1nccs1)=C(/C)O. The Labute approximate surface area is 91.0 Å². The van der Waals surface area contributed by atoms with Gasteiger partial charge in [-0.05, 0) is 13.8 Å². The van der Waals surface area contributed by atoms with Gasteiger partial charge in [0.15, 0.2) is 5.13 Å². The highest BCUT2D eigenvalue weighted by Crippen LogP contribution is 2.13. The fraction of sp³-hybridized carbons (Fsp3) is 0.222. The number of amides is 1. The molecule has 1 amide bonds. The summed E-state index contributed by atoms with van der Waals surface area (Å²) in [4.78, 5) is 15.5. The summed E-state index contributed by atoms with van der Waals surface area (Å²) < 4.78 is 0. The molecular weight excluding hydrogens is 214 g/mol. The molecule has 5 nitrogen and oxygen atoms in total. The van der Waals surface area contributed by atoms with E-state index in [0.29, 0.717) is 5.13 Å². The zero-order chi connectivity index (χ0) is 11.4. The molecule has 15 heavy (non-hydrogen) atoms. The van der Waals surface area contributed by atoms with E-state index >= 15 is 0 Å². The third-order valence-electron chi connectivity index (χ3n) is 1.62. The molecule has 80 valence electrons. The molecule has 1 rings (SSSR count). The van der Waals surface area contributed by atoms with E-state index in [4.69, 9.17) is 5.41 Å². The van der Waals surface area contributed by atoms with Gasteiger partial charge in [0, 0.05) is 17.3 Å². The second-order valence-corrected chi connectivity index (χ2v) is 3.77. The molecule has 0 aliphatic heterocycles. The number of aliphatic hydroxyl groups excluding tert-OH is 1. The number of anilines is 1. The first-order valence-corrected chi connectivity index (χ1v) is 5.06. The Balaban J connectivity index is 2.85. The molecule has 0 fully saturated rings. The first kappa shape index (κ1) is 11.4. The highest BCUT2D eigenvalue weighted by Gasteiger charge is 2.16. The van der Waals surface area contributed by atoms with Crippen LogP contribution in [0, 0.1) is 5.41 Å². The molecule has 0 bridgehead atoms. The van der Waals surface area contributed by atoms with Gasteiger partial charge in [0.05, 0.1) is 5.57 Å². The van der Waals surface area contributed by atoms with Crippen molar-refractivity contribution in [2.75, 3.05) is 5.32 Å². The van der Waals surface area contributed by atoms with Gasteiger partial charge in [-0.25, -0.2) is 4.98 Å². The molecule has 1 aromatic rings. The molecule has 0 unspecified atom stereocenters. The van der Waals surface area contributed by atoms with Gasteiger partial charge < -0.3 is 10.5 Å². The van der Waals surface area contributed by atoms with Gasteiger partial charge in [0.2, 0.25) is 0 Å². The molecule has 6 heteroatoms. The van der Waals surface area contributed by atoms with E-state index in [1.54, 1.807) is 11.6 Å². The fourth-order valence-corrected chi connectivity index (χ4v) is 1.57. The second-order valence-electron chi connectivity index (χ2n) is 2.88. The van der Waals surface area contributed by atoms with Crippen molar-refractivity contribution in [1.29, 1.82) is 5.41 Å². The van der Waals surface area contributed by atoms with Crippen LogP contribution in [-0.2, 0) is 4.79 Å². The van der Waals surface area contributed by atoms with Crippen LogP contribution in [0.25, 0.3) is 0 Å². The van der Waals surface area contributed by atoms with Crippen molar-refractivity contribution >= 4 is 28.1 Å². The maximum absolute atomic E-state index is 11.6. The largest absolute Gasteiger partial charge is 0.512 e. The summed E-state index contributed by atoms with van der Waals surface area (Å²) in [5, 5.41) is 21.3. The van der Waals surface area contributed by atoms with Crippen molar-refractivity contribution < 1.29 is 9.90 Å². The van der Waals surface area contributed by atoms with Crippen molar-refractivity contribution in [2.24, 2.45) is 0 Å². The van der Waals surface area contributed by atoms with E-state index in [1.807, 2.05) is 0 Å². The number of hydrogen-bond donors (Lipinski definition) is 3. The zero-order valence-electron chi connectivity index (χ0n) is 8.37. The van der Waals surface area contributed by atoms with Crippen LogP contribution in [-0.4, -0.2) is 21.7 Å². The molecule has 0 atom stereocenters. The number of carbonyl (C=O) groups excluding carboxylic acids is 1. The van der Waals surface area contributed by atoms with Crippen molar-refractivity contribution in [1.82, 2.24) is 4.98 Å². The Morgan fingerprint density at radius 3 is 2.67 bits per heavy atom. The second kappa shape index (κ2) is 4.70. The van der Waals surface area contributed by atoms with Crippen LogP contribution in [0.15, 0.2) is 22.9 Å². The Morgan fingerprint density at radius 1 is 1.60 bits per heavy atom. The molecule has 0 spiro atoms. The number of carbonyl (C=O) groups is 1. The van der Waals surface area contributed by atoms with Crippen LogP contribution in [0.5, 0.6) is 0 Å². The zero-order valence-corrected chi connectivity index (χ0v) is 9.18. The third-order valence-corrected chi connectivity index (χ3v) is 2.31. The fourth-order valence-electron chi connectivity index (χ4n) is 1.05. The normalized spacial score (nSPS) is 11.9.